The maximum Gasteiger partial charge on any atom is 0.417 e. The molecule has 0 spiro atoms. The van der Waals surface area contributed by atoms with Gasteiger partial charge in [0.2, 0.25) is 0 Å². The van der Waals surface area contributed by atoms with Gasteiger partial charge < -0.3 is 26.5 Å². The number of thiophene rings is 1. The molecule has 0 unspecified atom stereocenters. The fraction of sp³-hybridized carbons (Fsp3) is 0.176. The first-order valence-corrected chi connectivity index (χ1v) is 8.79. The Kier molecular flexibility index (Phi) is 5.29. The molecule has 148 valence electrons. The Labute approximate surface area is 161 Å². The summed E-state index contributed by atoms with van der Waals surface area (Å²) >= 11 is 1.23. The summed E-state index contributed by atoms with van der Waals surface area (Å²) in [5, 5.41) is 2.70. The molecule has 1 aromatic carbocycles. The first-order chi connectivity index (χ1) is 13.2. The number of ether oxygens (including phenoxy) is 1. The van der Waals surface area contributed by atoms with Crippen molar-refractivity contribution in [1.82, 2.24) is 10.3 Å². The second-order valence-corrected chi connectivity index (χ2v) is 6.82. The summed E-state index contributed by atoms with van der Waals surface area (Å²) in [6, 6.07) is 6.72. The van der Waals surface area contributed by atoms with Crippen LogP contribution in [-0.2, 0) is 12.7 Å². The molecule has 7 nitrogen and oxygen atoms in total. The predicted octanol–water partition coefficient (Wildman–Crippen LogP) is 3.17. The predicted molar refractivity (Wildman–Crippen MR) is 101 cm³/mol. The van der Waals surface area contributed by atoms with Gasteiger partial charge in [-0.1, -0.05) is 0 Å². The summed E-state index contributed by atoms with van der Waals surface area (Å²) in [6.45, 7) is 0.305. The van der Waals surface area contributed by atoms with Gasteiger partial charge in [0.1, 0.15) is 11.4 Å². The molecule has 1 amide bonds. The number of aromatic nitrogens is 1. The van der Waals surface area contributed by atoms with Crippen molar-refractivity contribution in [3.63, 3.8) is 0 Å². The summed E-state index contributed by atoms with van der Waals surface area (Å²) < 4.78 is 46.2. The summed E-state index contributed by atoms with van der Waals surface area (Å²) in [5.41, 5.74) is 9.98. The third kappa shape index (κ3) is 4.10. The number of halogens is 3. The zero-order chi connectivity index (χ0) is 20.5. The Morgan fingerprint density at radius 3 is 2.68 bits per heavy atom. The van der Waals surface area contributed by atoms with Crippen molar-refractivity contribution < 1.29 is 22.7 Å². The van der Waals surface area contributed by atoms with E-state index in [0.717, 1.165) is 17.0 Å². The molecule has 0 fully saturated rings. The molecular formula is C17H16F3N5O2S. The van der Waals surface area contributed by atoms with Gasteiger partial charge in [-0.05, 0) is 24.3 Å². The van der Waals surface area contributed by atoms with E-state index < -0.39 is 17.6 Å². The van der Waals surface area contributed by atoms with Gasteiger partial charge >= 0.3 is 6.18 Å². The lowest BCUT2D eigenvalue weighted by Gasteiger charge is -2.11. The topological polar surface area (TPSA) is 119 Å². The van der Waals surface area contributed by atoms with E-state index in [-0.39, 0.29) is 28.3 Å². The third-order valence-corrected chi connectivity index (χ3v) is 4.77. The largest absolute Gasteiger partial charge is 0.447 e. The number of fused-ring (bicyclic) bond motifs is 1. The smallest absolute Gasteiger partial charge is 0.417 e. The normalized spacial score (nSPS) is 12.4. The van der Waals surface area contributed by atoms with Gasteiger partial charge in [-0.2, -0.15) is 18.2 Å². The zero-order valence-corrected chi connectivity index (χ0v) is 15.4. The molecule has 0 aliphatic rings. The maximum absolute atomic E-state index is 13.5. The molecule has 11 heteroatoms. The van der Waals surface area contributed by atoms with Gasteiger partial charge in [0.05, 0.1) is 11.1 Å². The first kappa shape index (κ1) is 19.7. The van der Waals surface area contributed by atoms with Crippen LogP contribution in [0.3, 0.4) is 0 Å². The number of nitrogens with one attached hydrogen (secondary N) is 2. The fourth-order valence-electron chi connectivity index (χ4n) is 2.48. The van der Waals surface area contributed by atoms with Crippen LogP contribution in [-0.4, -0.2) is 23.9 Å². The minimum Gasteiger partial charge on any atom is -0.447 e. The van der Waals surface area contributed by atoms with E-state index in [0.29, 0.717) is 11.6 Å². The lowest BCUT2D eigenvalue weighted by Crippen LogP contribution is -2.28. The average Bonchev–Trinajstić information content (AvgIpc) is 3.26. The van der Waals surface area contributed by atoms with Crippen LogP contribution in [0, 0.1) is 0 Å². The molecule has 0 aliphatic carbocycles. The van der Waals surface area contributed by atoms with Crippen molar-refractivity contribution in [2.24, 2.45) is 16.5 Å². The molecule has 0 saturated heterocycles. The number of carbonyl (C=O) groups is 1. The molecule has 0 radical (unpaired) electrons. The monoisotopic (exact) mass is 411 g/mol. The van der Waals surface area contributed by atoms with E-state index in [4.69, 9.17) is 16.2 Å². The standard InChI is InChI=1S/C17H16F3N5O2S/c1-23-16(22)25-15(26)13-6-10-11(17(18,19)20)4-8(5-12(10)24-13)27-14-3-2-9(7-21)28-14/h2-6,24H,7,21H2,1H3,(H3,22,23,25,26). The van der Waals surface area contributed by atoms with Crippen LogP contribution >= 0.6 is 11.3 Å². The van der Waals surface area contributed by atoms with Crippen molar-refractivity contribution in [1.29, 1.82) is 0 Å². The highest BCUT2D eigenvalue weighted by molar-refractivity contribution is 7.13. The van der Waals surface area contributed by atoms with Crippen LogP contribution in [0.15, 0.2) is 35.3 Å². The van der Waals surface area contributed by atoms with Gasteiger partial charge in [-0.3, -0.25) is 4.79 Å². The summed E-state index contributed by atoms with van der Waals surface area (Å²) in [4.78, 5) is 19.1. The number of hydrogen-bond donors (Lipinski definition) is 4. The van der Waals surface area contributed by atoms with E-state index in [1.54, 1.807) is 12.1 Å². The molecule has 0 atom stereocenters. The molecule has 0 bridgehead atoms. The number of benzene rings is 1. The molecule has 3 aromatic rings. The van der Waals surface area contributed by atoms with Gasteiger partial charge in [-0.25, -0.2) is 0 Å². The summed E-state index contributed by atoms with van der Waals surface area (Å²) in [5.74, 6) is -0.981. The lowest BCUT2D eigenvalue weighted by atomic mass is 10.1. The first-order valence-electron chi connectivity index (χ1n) is 7.98. The van der Waals surface area contributed by atoms with Crippen LogP contribution in [0.25, 0.3) is 10.9 Å². The Morgan fingerprint density at radius 2 is 2.07 bits per heavy atom. The average molecular weight is 411 g/mol. The van der Waals surface area contributed by atoms with Gasteiger partial charge in [0.15, 0.2) is 11.0 Å². The van der Waals surface area contributed by atoms with Crippen LogP contribution in [0.1, 0.15) is 20.9 Å². The van der Waals surface area contributed by atoms with E-state index in [1.165, 1.54) is 24.5 Å². The highest BCUT2D eigenvalue weighted by Crippen LogP contribution is 2.40. The summed E-state index contributed by atoms with van der Waals surface area (Å²) in [6.07, 6.45) is -4.65. The number of nitrogens with zero attached hydrogens (tertiary/aromatic N) is 1. The summed E-state index contributed by atoms with van der Waals surface area (Å²) in [7, 11) is 1.46. The number of hydrogen-bond acceptors (Lipinski definition) is 4. The molecular weight excluding hydrogens is 395 g/mol. The van der Waals surface area contributed by atoms with Crippen LogP contribution in [0.4, 0.5) is 13.2 Å². The highest BCUT2D eigenvalue weighted by Gasteiger charge is 2.34. The molecule has 2 aromatic heterocycles. The maximum atomic E-state index is 13.5. The van der Waals surface area contributed by atoms with E-state index >= 15 is 0 Å². The number of alkyl halides is 3. The number of nitrogens with two attached hydrogens (primary N) is 2. The second-order valence-electron chi connectivity index (χ2n) is 5.69. The lowest BCUT2D eigenvalue weighted by molar-refractivity contribution is -0.136. The Balaban J connectivity index is 2.06. The quantitative estimate of drug-likeness (QED) is 0.388. The van der Waals surface area contributed by atoms with Gasteiger partial charge in [0.25, 0.3) is 5.91 Å². The van der Waals surface area contributed by atoms with Crippen molar-refractivity contribution >= 4 is 34.1 Å². The van der Waals surface area contributed by atoms with Crippen LogP contribution < -0.4 is 21.5 Å². The third-order valence-electron chi connectivity index (χ3n) is 3.78. The number of rotatable bonds is 4. The van der Waals surface area contributed by atoms with Crippen LogP contribution in [0.5, 0.6) is 10.8 Å². The van der Waals surface area contributed by atoms with Crippen molar-refractivity contribution in [2.45, 2.75) is 12.7 Å². The highest BCUT2D eigenvalue weighted by atomic mass is 32.1. The number of aromatic amines is 1. The number of guanidine groups is 1. The number of aliphatic imine (C=N–C) groups is 1. The van der Waals surface area contributed by atoms with E-state index in [9.17, 15) is 18.0 Å². The van der Waals surface area contributed by atoms with Crippen LogP contribution in [0.2, 0.25) is 0 Å². The molecule has 6 N–H and O–H groups in total. The van der Waals surface area contributed by atoms with Gasteiger partial charge in [-0.15, -0.1) is 11.3 Å². The number of H-pyrrole nitrogens is 1. The molecule has 0 saturated carbocycles. The Bertz CT molecular complexity index is 1050. The Hall–Kier alpha value is -3.05. The molecule has 3 rings (SSSR count). The molecule has 2 heterocycles. The van der Waals surface area contributed by atoms with E-state index in [1.807, 2.05) is 0 Å². The molecule has 0 aliphatic heterocycles. The minimum absolute atomic E-state index is 0.0238. The minimum atomic E-state index is -4.65. The van der Waals surface area contributed by atoms with Crippen molar-refractivity contribution in [3.8, 4) is 10.8 Å². The number of carbonyl (C=O) groups excluding carboxylic acids is 1. The van der Waals surface area contributed by atoms with Gasteiger partial charge in [0, 0.05) is 29.9 Å². The second kappa shape index (κ2) is 7.52. The van der Waals surface area contributed by atoms with Crippen molar-refractivity contribution in [2.75, 3.05) is 7.05 Å². The van der Waals surface area contributed by atoms with E-state index in [2.05, 4.69) is 15.3 Å². The number of amides is 1. The van der Waals surface area contributed by atoms with Crippen molar-refractivity contribution in [3.05, 3.63) is 46.5 Å². The fourth-order valence-corrected chi connectivity index (χ4v) is 3.24. The SMILES string of the molecule is CNC(N)=NC(=O)c1cc2c(C(F)(F)F)cc(Oc3ccc(CN)s3)cc2[nH]1. The zero-order valence-electron chi connectivity index (χ0n) is 14.6. The Morgan fingerprint density at radius 1 is 1.32 bits per heavy atom. The molecule has 28 heavy (non-hydrogen) atoms.